The summed E-state index contributed by atoms with van der Waals surface area (Å²) in [5, 5.41) is 15.3. The number of carboxylic acid groups (broad SMARTS) is 2. The summed E-state index contributed by atoms with van der Waals surface area (Å²) in [6.45, 7) is 2.55. The lowest BCUT2D eigenvalue weighted by atomic mass is 10.1. The molecule has 1 heterocycles. The lowest BCUT2D eigenvalue weighted by Gasteiger charge is -2.28. The second-order valence-electron chi connectivity index (χ2n) is 8.11. The van der Waals surface area contributed by atoms with Gasteiger partial charge in [0.2, 0.25) is 0 Å². The fraction of sp³-hybridized carbons (Fsp3) is 0.308. The van der Waals surface area contributed by atoms with E-state index in [1.54, 1.807) is 23.8 Å². The Morgan fingerprint density at radius 3 is 2.14 bits per heavy atom. The molecule has 2 N–H and O–H groups in total. The smallest absolute Gasteiger partial charge is 0.328 e. The molecular weight excluding hydrogens is 500 g/mol. The maximum atomic E-state index is 13.6. The van der Waals surface area contributed by atoms with Crippen molar-refractivity contribution >= 4 is 41.3 Å². The first-order valence-corrected chi connectivity index (χ1v) is 12.1. The van der Waals surface area contributed by atoms with E-state index in [4.69, 9.17) is 19.7 Å². The fourth-order valence-corrected chi connectivity index (χ4v) is 4.70. The summed E-state index contributed by atoms with van der Waals surface area (Å²) in [7, 11) is 5.54. The van der Waals surface area contributed by atoms with Gasteiger partial charge in [0.05, 0.1) is 18.0 Å². The van der Waals surface area contributed by atoms with E-state index in [1.807, 2.05) is 67.5 Å². The van der Waals surface area contributed by atoms with Crippen LogP contribution in [0.2, 0.25) is 0 Å². The normalized spacial score (nSPS) is 16.9. The Balaban J connectivity index is 0.000000521. The molecule has 0 saturated heterocycles. The number of methoxy groups -OCH3 is 1. The minimum atomic E-state index is -1.26. The third-order valence-electron chi connectivity index (χ3n) is 5.07. The molecule has 0 unspecified atom stereocenters. The van der Waals surface area contributed by atoms with Gasteiger partial charge in [-0.1, -0.05) is 24.3 Å². The van der Waals surface area contributed by atoms with Crippen molar-refractivity contribution in [3.63, 3.8) is 0 Å². The first kappa shape index (κ1) is 29.4. The number of carbonyl (C=O) groups is 4. The number of aliphatic carboxylic acids is 2. The number of amides is 1. The molecule has 0 spiro atoms. The van der Waals surface area contributed by atoms with E-state index in [1.165, 1.54) is 6.92 Å². The molecule has 2 atom stereocenters. The standard InChI is InChI=1S/C22H26N2O4S.C4H4O4/c1-15(25)28-20-21(16-9-11-17(27-4)12-10-16)29-19-8-6-5-7-18(19)24(22(20)26)14-13-23(2)3;5-3(6)1-2-4(7)8/h5-12,20-21H,13-14H2,1-4H3;1-2H,(H,5,6)(H,7,8)/b;2-1-/t20-,21+;/m1./s1. The van der Waals surface area contributed by atoms with Crippen molar-refractivity contribution in [3.8, 4) is 5.75 Å². The molecule has 1 aliphatic heterocycles. The zero-order chi connectivity index (χ0) is 27.5. The number of fused-ring (bicyclic) bond motifs is 1. The van der Waals surface area contributed by atoms with Crippen LogP contribution in [0.3, 0.4) is 0 Å². The molecule has 0 aliphatic carbocycles. The molecule has 1 amide bonds. The van der Waals surface area contributed by atoms with E-state index < -0.39 is 24.0 Å². The minimum Gasteiger partial charge on any atom is -0.497 e. The summed E-state index contributed by atoms with van der Waals surface area (Å²) >= 11 is 1.54. The molecule has 0 saturated carbocycles. The summed E-state index contributed by atoms with van der Waals surface area (Å²) in [6.07, 6.45) is 0.199. The average Bonchev–Trinajstić information content (AvgIpc) is 2.96. The monoisotopic (exact) mass is 530 g/mol. The zero-order valence-electron chi connectivity index (χ0n) is 21.0. The Bertz CT molecular complexity index is 1120. The highest BCUT2D eigenvalue weighted by Crippen LogP contribution is 2.46. The predicted molar refractivity (Wildman–Crippen MR) is 139 cm³/mol. The lowest BCUT2D eigenvalue weighted by molar-refractivity contribution is -0.152. The predicted octanol–water partition coefficient (Wildman–Crippen LogP) is 3.08. The van der Waals surface area contributed by atoms with Crippen molar-refractivity contribution in [2.45, 2.75) is 23.2 Å². The van der Waals surface area contributed by atoms with Crippen molar-refractivity contribution < 1.29 is 38.9 Å². The van der Waals surface area contributed by atoms with Crippen LogP contribution in [0, 0.1) is 0 Å². The number of carbonyl (C=O) groups excluding carboxylic acids is 2. The van der Waals surface area contributed by atoms with Crippen LogP contribution >= 0.6 is 11.8 Å². The quantitative estimate of drug-likeness (QED) is 0.387. The van der Waals surface area contributed by atoms with E-state index >= 15 is 0 Å². The van der Waals surface area contributed by atoms with Crippen molar-refractivity contribution in [2.75, 3.05) is 39.2 Å². The molecule has 2 aromatic rings. The van der Waals surface area contributed by atoms with Crippen LogP contribution in [-0.2, 0) is 23.9 Å². The number of thioether (sulfide) groups is 1. The number of nitrogens with zero attached hydrogens (tertiary/aromatic N) is 2. The van der Waals surface area contributed by atoms with Gasteiger partial charge in [-0.25, -0.2) is 9.59 Å². The van der Waals surface area contributed by atoms with Crippen LogP contribution in [0.1, 0.15) is 17.7 Å². The molecule has 0 bridgehead atoms. The number of hydrogen-bond acceptors (Lipinski definition) is 8. The van der Waals surface area contributed by atoms with Crippen molar-refractivity contribution in [2.24, 2.45) is 0 Å². The number of likely N-dealkylation sites (N-methyl/N-ethyl adjacent to an activating group) is 1. The third-order valence-corrected chi connectivity index (χ3v) is 6.44. The first-order chi connectivity index (χ1) is 17.5. The maximum absolute atomic E-state index is 13.6. The van der Waals surface area contributed by atoms with Crippen molar-refractivity contribution in [3.05, 3.63) is 66.2 Å². The van der Waals surface area contributed by atoms with Crippen molar-refractivity contribution in [1.82, 2.24) is 4.90 Å². The highest BCUT2D eigenvalue weighted by Gasteiger charge is 2.40. The average molecular weight is 531 g/mol. The Morgan fingerprint density at radius 2 is 1.62 bits per heavy atom. The van der Waals surface area contributed by atoms with Crippen LogP contribution in [0.15, 0.2) is 65.6 Å². The number of ether oxygens (including phenoxy) is 2. The topological polar surface area (TPSA) is 134 Å². The summed E-state index contributed by atoms with van der Waals surface area (Å²) in [4.78, 5) is 49.3. The second-order valence-corrected chi connectivity index (χ2v) is 9.30. The number of hydrogen-bond donors (Lipinski definition) is 2. The highest BCUT2D eigenvalue weighted by molar-refractivity contribution is 7.99. The van der Waals surface area contributed by atoms with Crippen LogP contribution < -0.4 is 9.64 Å². The molecule has 0 fully saturated rings. The summed E-state index contributed by atoms with van der Waals surface area (Å²) in [6, 6.07) is 15.4. The molecular formula is C26H30N2O8S. The third kappa shape index (κ3) is 8.96. The van der Waals surface area contributed by atoms with Gasteiger partial charge in [0.15, 0.2) is 6.10 Å². The van der Waals surface area contributed by atoms with Gasteiger partial charge in [-0.05, 0) is 43.9 Å². The van der Waals surface area contributed by atoms with Gasteiger partial charge in [0.1, 0.15) is 5.75 Å². The summed E-state index contributed by atoms with van der Waals surface area (Å²) in [5.74, 6) is -2.46. The highest BCUT2D eigenvalue weighted by atomic mass is 32.2. The Morgan fingerprint density at radius 1 is 1.03 bits per heavy atom. The van der Waals surface area contributed by atoms with E-state index in [-0.39, 0.29) is 11.2 Å². The number of anilines is 1. The summed E-state index contributed by atoms with van der Waals surface area (Å²) < 4.78 is 10.8. The van der Waals surface area contributed by atoms with E-state index in [0.717, 1.165) is 21.9 Å². The number of para-hydroxylation sites is 1. The van der Waals surface area contributed by atoms with Crippen molar-refractivity contribution in [1.29, 1.82) is 0 Å². The lowest BCUT2D eigenvalue weighted by Crippen LogP contribution is -2.45. The summed E-state index contributed by atoms with van der Waals surface area (Å²) in [5.41, 5.74) is 1.75. The Hall–Kier alpha value is -3.83. The van der Waals surface area contributed by atoms with Crippen LogP contribution in [0.4, 0.5) is 5.69 Å². The maximum Gasteiger partial charge on any atom is 0.328 e. The molecule has 37 heavy (non-hydrogen) atoms. The number of rotatable bonds is 8. The van der Waals surface area contributed by atoms with Crippen LogP contribution in [0.5, 0.6) is 5.75 Å². The fourth-order valence-electron chi connectivity index (χ4n) is 3.38. The van der Waals surface area contributed by atoms with E-state index in [2.05, 4.69) is 0 Å². The zero-order valence-corrected chi connectivity index (χ0v) is 21.8. The van der Waals surface area contributed by atoms with Gasteiger partial charge in [-0.2, -0.15) is 0 Å². The number of carboxylic acids is 2. The van der Waals surface area contributed by atoms with Gasteiger partial charge < -0.3 is 29.5 Å². The van der Waals surface area contributed by atoms with Crippen LogP contribution in [0.25, 0.3) is 0 Å². The van der Waals surface area contributed by atoms with Crippen LogP contribution in [-0.4, -0.2) is 79.3 Å². The van der Waals surface area contributed by atoms with E-state index in [0.29, 0.717) is 25.2 Å². The molecule has 2 aromatic carbocycles. The van der Waals surface area contributed by atoms with Gasteiger partial charge in [0, 0.05) is 37.1 Å². The molecule has 198 valence electrons. The largest absolute Gasteiger partial charge is 0.497 e. The second kappa shape index (κ2) is 14.0. The minimum absolute atomic E-state index is 0.208. The SMILES string of the molecule is COc1ccc([C@@H]2Sc3ccccc3N(CCN(C)C)C(=O)[C@@H]2OC(C)=O)cc1.O=C(O)/C=C\C(=O)O. The molecule has 10 nitrogen and oxygen atoms in total. The Kier molecular flexibility index (Phi) is 11.2. The Labute approximate surface area is 219 Å². The van der Waals surface area contributed by atoms with Gasteiger partial charge in [-0.15, -0.1) is 11.8 Å². The van der Waals surface area contributed by atoms with E-state index in [9.17, 15) is 19.2 Å². The number of benzene rings is 2. The number of esters is 1. The molecule has 0 radical (unpaired) electrons. The molecule has 1 aliphatic rings. The van der Waals surface area contributed by atoms with Gasteiger partial charge in [-0.3, -0.25) is 9.59 Å². The van der Waals surface area contributed by atoms with Gasteiger partial charge >= 0.3 is 17.9 Å². The first-order valence-electron chi connectivity index (χ1n) is 11.2. The van der Waals surface area contributed by atoms with Gasteiger partial charge in [0.25, 0.3) is 5.91 Å². The molecule has 3 rings (SSSR count). The molecule has 11 heteroatoms. The molecule has 0 aromatic heterocycles.